The van der Waals surface area contributed by atoms with Gasteiger partial charge in [-0.3, -0.25) is 4.79 Å². The molecule has 1 amide bonds. The second-order valence-electron chi connectivity index (χ2n) is 5.46. The Balaban J connectivity index is 1.96. The van der Waals surface area contributed by atoms with Crippen LogP contribution in [0.3, 0.4) is 0 Å². The van der Waals surface area contributed by atoms with Crippen molar-refractivity contribution in [3.8, 4) is 0 Å². The van der Waals surface area contributed by atoms with Crippen LogP contribution in [0.15, 0.2) is 18.5 Å². The molecule has 0 aliphatic heterocycles. The Kier molecular flexibility index (Phi) is 5.64. The first-order valence-electron chi connectivity index (χ1n) is 8.42. The number of carbonyl (C=O) groups excluding carboxylic acids is 3. The Morgan fingerprint density at radius 2 is 1.89 bits per heavy atom. The molecule has 11 heteroatoms. The molecule has 3 heterocycles. The molecule has 0 spiro atoms. The number of aromatic nitrogens is 4. The lowest BCUT2D eigenvalue weighted by atomic mass is 10.1. The third-order valence-electron chi connectivity index (χ3n) is 3.63. The van der Waals surface area contributed by atoms with Gasteiger partial charge < -0.3 is 14.8 Å². The molecule has 0 atom stereocenters. The van der Waals surface area contributed by atoms with E-state index in [2.05, 4.69) is 20.4 Å². The summed E-state index contributed by atoms with van der Waals surface area (Å²) in [6.07, 6.45) is 3.13. The van der Waals surface area contributed by atoms with Gasteiger partial charge in [0.15, 0.2) is 0 Å². The van der Waals surface area contributed by atoms with Gasteiger partial charge in [0.05, 0.1) is 18.8 Å². The zero-order valence-corrected chi connectivity index (χ0v) is 16.2. The number of hydrogen-bond donors (Lipinski definition) is 1. The Morgan fingerprint density at radius 3 is 2.57 bits per heavy atom. The first-order chi connectivity index (χ1) is 13.5. The maximum atomic E-state index is 12.6. The number of ether oxygens (including phenoxy) is 2. The van der Waals surface area contributed by atoms with E-state index in [1.165, 1.54) is 10.7 Å². The fraction of sp³-hybridized carbons (Fsp3) is 0.294. The predicted molar refractivity (Wildman–Crippen MR) is 99.7 cm³/mol. The van der Waals surface area contributed by atoms with Crippen molar-refractivity contribution in [1.82, 2.24) is 19.6 Å². The minimum atomic E-state index is -0.647. The lowest BCUT2D eigenvalue weighted by Crippen LogP contribution is -2.16. The quantitative estimate of drug-likeness (QED) is 0.620. The van der Waals surface area contributed by atoms with Crippen molar-refractivity contribution in [3.05, 3.63) is 40.3 Å². The van der Waals surface area contributed by atoms with Crippen LogP contribution in [0.1, 0.15) is 50.1 Å². The third kappa shape index (κ3) is 3.69. The summed E-state index contributed by atoms with van der Waals surface area (Å²) in [5, 5.41) is 6.79. The van der Waals surface area contributed by atoms with Gasteiger partial charge in [-0.15, -0.1) is 16.4 Å². The molecule has 0 aromatic carbocycles. The minimum Gasteiger partial charge on any atom is -0.462 e. The van der Waals surface area contributed by atoms with E-state index in [0.29, 0.717) is 5.56 Å². The zero-order chi connectivity index (χ0) is 20.3. The lowest BCUT2D eigenvalue weighted by Gasteiger charge is -2.05. The summed E-state index contributed by atoms with van der Waals surface area (Å²) in [7, 11) is 0. The zero-order valence-electron chi connectivity index (χ0n) is 15.4. The van der Waals surface area contributed by atoms with Crippen molar-refractivity contribution in [2.24, 2.45) is 0 Å². The van der Waals surface area contributed by atoms with Crippen molar-refractivity contribution < 1.29 is 23.9 Å². The van der Waals surface area contributed by atoms with Crippen molar-refractivity contribution >= 4 is 40.0 Å². The molecule has 0 aliphatic rings. The van der Waals surface area contributed by atoms with Crippen LogP contribution >= 0.6 is 11.3 Å². The molecule has 0 unspecified atom stereocenters. The lowest BCUT2D eigenvalue weighted by molar-refractivity contribution is 0.0527. The van der Waals surface area contributed by atoms with E-state index in [4.69, 9.17) is 9.47 Å². The average molecular weight is 403 g/mol. The molecule has 28 heavy (non-hydrogen) atoms. The van der Waals surface area contributed by atoms with Gasteiger partial charge in [-0.05, 0) is 32.4 Å². The van der Waals surface area contributed by atoms with Gasteiger partial charge in [-0.2, -0.15) is 4.98 Å². The van der Waals surface area contributed by atoms with E-state index in [1.807, 2.05) is 0 Å². The number of carbonyl (C=O) groups is 3. The highest BCUT2D eigenvalue weighted by Crippen LogP contribution is 2.34. The molecule has 10 nitrogen and oxygen atoms in total. The summed E-state index contributed by atoms with van der Waals surface area (Å²) in [6.45, 7) is 5.27. The highest BCUT2D eigenvalue weighted by atomic mass is 32.1. The first-order valence-corrected chi connectivity index (χ1v) is 9.24. The van der Waals surface area contributed by atoms with Crippen molar-refractivity contribution in [2.75, 3.05) is 18.5 Å². The highest BCUT2D eigenvalue weighted by molar-refractivity contribution is 7.18. The molecule has 3 rings (SSSR count). The summed E-state index contributed by atoms with van der Waals surface area (Å²) >= 11 is 0.933. The van der Waals surface area contributed by atoms with E-state index < -0.39 is 17.8 Å². The number of nitrogens with one attached hydrogen (secondary N) is 1. The monoisotopic (exact) mass is 403 g/mol. The average Bonchev–Trinajstić information content (AvgIpc) is 3.23. The van der Waals surface area contributed by atoms with Crippen molar-refractivity contribution in [3.63, 3.8) is 0 Å². The van der Waals surface area contributed by atoms with Crippen LogP contribution in [0, 0.1) is 6.92 Å². The Bertz CT molecular complexity index is 1020. The van der Waals surface area contributed by atoms with E-state index >= 15 is 0 Å². The Labute approximate surface area is 163 Å². The largest absolute Gasteiger partial charge is 0.462 e. The van der Waals surface area contributed by atoms with E-state index in [1.54, 1.807) is 33.0 Å². The van der Waals surface area contributed by atoms with Crippen LogP contribution in [0.5, 0.6) is 0 Å². The molecule has 0 fully saturated rings. The van der Waals surface area contributed by atoms with Gasteiger partial charge in [0.25, 0.3) is 11.7 Å². The molecule has 0 saturated carbocycles. The van der Waals surface area contributed by atoms with Gasteiger partial charge in [-0.25, -0.2) is 19.1 Å². The van der Waals surface area contributed by atoms with Gasteiger partial charge in [-0.1, -0.05) is 0 Å². The normalized spacial score (nSPS) is 10.7. The SMILES string of the molecule is CCOC(=O)c1sc(NC(=O)c2nc3ncccn3n2)c(C(=O)OCC)c1C. The first kappa shape index (κ1) is 19.4. The van der Waals surface area contributed by atoms with E-state index in [0.717, 1.165) is 11.3 Å². The Morgan fingerprint density at radius 1 is 1.18 bits per heavy atom. The van der Waals surface area contributed by atoms with Crippen LogP contribution in [0.25, 0.3) is 5.78 Å². The summed E-state index contributed by atoms with van der Waals surface area (Å²) in [6, 6.07) is 1.65. The van der Waals surface area contributed by atoms with Crippen molar-refractivity contribution in [1.29, 1.82) is 0 Å². The fourth-order valence-electron chi connectivity index (χ4n) is 2.43. The van der Waals surface area contributed by atoms with Crippen LogP contribution in [0.2, 0.25) is 0 Å². The van der Waals surface area contributed by atoms with Gasteiger partial charge >= 0.3 is 11.9 Å². The number of hydrogen-bond acceptors (Lipinski definition) is 9. The topological polar surface area (TPSA) is 125 Å². The molecule has 146 valence electrons. The van der Waals surface area contributed by atoms with Gasteiger partial charge in [0.1, 0.15) is 9.88 Å². The summed E-state index contributed by atoms with van der Waals surface area (Å²) in [5.74, 6) is -1.74. The third-order valence-corrected chi connectivity index (χ3v) is 4.82. The van der Waals surface area contributed by atoms with Gasteiger partial charge in [0, 0.05) is 12.4 Å². The predicted octanol–water partition coefficient (Wildman–Crippen LogP) is 2.10. The molecule has 1 N–H and O–H groups in total. The van der Waals surface area contributed by atoms with E-state index in [9.17, 15) is 14.4 Å². The molecule has 0 radical (unpaired) electrons. The van der Waals surface area contributed by atoms with Gasteiger partial charge in [0.2, 0.25) is 5.82 Å². The summed E-state index contributed by atoms with van der Waals surface area (Å²) < 4.78 is 11.4. The second-order valence-corrected chi connectivity index (χ2v) is 6.48. The second kappa shape index (κ2) is 8.13. The van der Waals surface area contributed by atoms with Crippen LogP contribution in [0.4, 0.5) is 5.00 Å². The van der Waals surface area contributed by atoms with Crippen LogP contribution in [-0.2, 0) is 9.47 Å². The fourth-order valence-corrected chi connectivity index (χ4v) is 3.51. The minimum absolute atomic E-state index is 0.102. The standard InChI is InChI=1S/C17H17N5O5S/c1-4-26-15(24)10-9(3)11(16(25)27-5-2)28-14(10)20-13(23)12-19-17-18-7-6-8-22(17)21-12/h6-8H,4-5H2,1-3H3,(H,20,23). The number of anilines is 1. The summed E-state index contributed by atoms with van der Waals surface area (Å²) in [4.78, 5) is 45.4. The molecular formula is C17H17N5O5S. The number of esters is 2. The maximum absolute atomic E-state index is 12.6. The number of thiophene rings is 1. The van der Waals surface area contributed by atoms with E-state index in [-0.39, 0.29) is 40.3 Å². The smallest absolute Gasteiger partial charge is 0.348 e. The number of fused-ring (bicyclic) bond motifs is 1. The molecule has 0 aliphatic carbocycles. The molecule has 0 bridgehead atoms. The van der Waals surface area contributed by atoms with Crippen molar-refractivity contribution in [2.45, 2.75) is 20.8 Å². The van der Waals surface area contributed by atoms with Crippen LogP contribution < -0.4 is 5.32 Å². The number of rotatable bonds is 6. The Hall–Kier alpha value is -3.34. The summed E-state index contributed by atoms with van der Waals surface area (Å²) in [5.41, 5.74) is 0.479. The molecule has 3 aromatic heterocycles. The number of amides is 1. The highest BCUT2D eigenvalue weighted by Gasteiger charge is 2.28. The number of nitrogens with zero attached hydrogens (tertiary/aromatic N) is 4. The van der Waals surface area contributed by atoms with Crippen LogP contribution in [-0.4, -0.2) is 50.6 Å². The maximum Gasteiger partial charge on any atom is 0.348 e. The molecular weight excluding hydrogens is 386 g/mol. The molecule has 0 saturated heterocycles. The molecule has 3 aromatic rings.